The van der Waals surface area contributed by atoms with Gasteiger partial charge in [0.2, 0.25) is 0 Å². The van der Waals surface area contributed by atoms with Crippen molar-refractivity contribution >= 4 is 27.3 Å². The molecular weight excluding hydrogens is 390 g/mol. The summed E-state index contributed by atoms with van der Waals surface area (Å²) < 4.78 is 0.946. The molecule has 4 rings (SSSR count). The van der Waals surface area contributed by atoms with Gasteiger partial charge in [0.25, 0.3) is 0 Å². The average molecular weight is 408 g/mol. The molecule has 26 heavy (non-hydrogen) atoms. The van der Waals surface area contributed by atoms with Crippen LogP contribution < -0.4 is 10.5 Å². The van der Waals surface area contributed by atoms with Crippen LogP contribution in [0.25, 0.3) is 0 Å². The molecule has 0 spiro atoms. The van der Waals surface area contributed by atoms with Crippen molar-refractivity contribution in [3.63, 3.8) is 0 Å². The lowest BCUT2D eigenvalue weighted by molar-refractivity contribution is 0.470. The summed E-state index contributed by atoms with van der Waals surface area (Å²) in [6.07, 6.45) is 0.683. The van der Waals surface area contributed by atoms with E-state index in [0.29, 0.717) is 6.42 Å². The molecule has 2 N–H and O–H groups in total. The number of phenols is 1. The van der Waals surface area contributed by atoms with Crippen molar-refractivity contribution in [2.75, 3.05) is 5.12 Å². The second-order valence-corrected chi connectivity index (χ2v) is 6.98. The topological polar surface area (TPSA) is 47.9 Å². The van der Waals surface area contributed by atoms with Crippen LogP contribution in [0.4, 0.5) is 5.69 Å². The Labute approximate surface area is 160 Å². The molecule has 0 bridgehead atoms. The summed E-state index contributed by atoms with van der Waals surface area (Å²) in [5.41, 5.74) is 7.17. The number of hydrogen-bond acceptors (Lipinski definition) is 4. The van der Waals surface area contributed by atoms with Gasteiger partial charge in [0.05, 0.1) is 17.4 Å². The Bertz CT molecular complexity index is 943. The van der Waals surface area contributed by atoms with E-state index >= 15 is 0 Å². The van der Waals surface area contributed by atoms with Crippen LogP contribution in [0, 0.1) is 0 Å². The lowest BCUT2D eigenvalue weighted by atomic mass is 9.96. The number of phenolic OH excluding ortho intramolecular Hbond substituents is 1. The number of aromatic hydroxyl groups is 1. The van der Waals surface area contributed by atoms with E-state index in [0.717, 1.165) is 21.4 Å². The Balaban J connectivity index is 1.79. The van der Waals surface area contributed by atoms with Crippen LogP contribution in [0.5, 0.6) is 5.75 Å². The van der Waals surface area contributed by atoms with E-state index in [9.17, 15) is 5.11 Å². The highest BCUT2D eigenvalue weighted by Gasteiger charge is 2.26. The van der Waals surface area contributed by atoms with Crippen molar-refractivity contribution in [1.82, 2.24) is 5.43 Å². The predicted octanol–water partition coefficient (Wildman–Crippen LogP) is 5.02. The van der Waals surface area contributed by atoms with Crippen LogP contribution in [-0.2, 0) is 0 Å². The molecule has 0 radical (unpaired) electrons. The van der Waals surface area contributed by atoms with Crippen molar-refractivity contribution in [1.29, 1.82) is 0 Å². The Morgan fingerprint density at radius 2 is 1.62 bits per heavy atom. The van der Waals surface area contributed by atoms with Gasteiger partial charge in [-0.1, -0.05) is 54.6 Å². The molecule has 1 atom stereocenters. The number of nitrogens with one attached hydrogen (secondary N) is 1. The summed E-state index contributed by atoms with van der Waals surface area (Å²) in [5, 5.41) is 16.9. The fourth-order valence-electron chi connectivity index (χ4n) is 3.08. The van der Waals surface area contributed by atoms with Crippen LogP contribution in [-0.4, -0.2) is 10.8 Å². The minimum Gasteiger partial charge on any atom is -0.507 e. The molecule has 1 heterocycles. The van der Waals surface area contributed by atoms with E-state index in [4.69, 9.17) is 5.10 Å². The van der Waals surface area contributed by atoms with Gasteiger partial charge in [0.15, 0.2) is 0 Å². The lowest BCUT2D eigenvalue weighted by Crippen LogP contribution is -2.43. The first-order valence-electron chi connectivity index (χ1n) is 8.44. The molecule has 0 saturated heterocycles. The second-order valence-electron chi connectivity index (χ2n) is 6.12. The number of anilines is 1. The molecule has 0 fully saturated rings. The zero-order valence-corrected chi connectivity index (χ0v) is 15.6. The first kappa shape index (κ1) is 16.8. The maximum Gasteiger partial charge on any atom is 0.124 e. The standard InChI is InChI=1S/C21H18BrN3O/c22-17-11-5-6-12-20(17)25-23-18(15-8-2-1-3-9-15)14-19(24-25)16-10-4-7-13-21(16)26/h1-13,18,23,26H,14H2. The number of halogens is 1. The third-order valence-electron chi connectivity index (χ3n) is 4.39. The summed E-state index contributed by atoms with van der Waals surface area (Å²) in [6.45, 7) is 0. The number of hydrazine groups is 1. The van der Waals surface area contributed by atoms with Crippen LogP contribution in [0.3, 0.4) is 0 Å². The third kappa shape index (κ3) is 3.36. The van der Waals surface area contributed by atoms with Crippen molar-refractivity contribution in [2.24, 2.45) is 5.10 Å². The smallest absolute Gasteiger partial charge is 0.124 e. The normalized spacial score (nSPS) is 17.0. The van der Waals surface area contributed by atoms with Gasteiger partial charge >= 0.3 is 0 Å². The molecule has 0 saturated carbocycles. The molecule has 0 aromatic heterocycles. The van der Waals surface area contributed by atoms with Gasteiger partial charge in [-0.3, -0.25) is 0 Å². The van der Waals surface area contributed by atoms with Crippen LogP contribution >= 0.6 is 15.9 Å². The van der Waals surface area contributed by atoms with Crippen molar-refractivity contribution in [2.45, 2.75) is 12.5 Å². The van der Waals surface area contributed by atoms with Gasteiger partial charge in [0, 0.05) is 16.5 Å². The van der Waals surface area contributed by atoms with Gasteiger partial charge in [-0.25, -0.2) is 5.43 Å². The predicted molar refractivity (Wildman–Crippen MR) is 108 cm³/mol. The fourth-order valence-corrected chi connectivity index (χ4v) is 3.54. The summed E-state index contributed by atoms with van der Waals surface area (Å²) >= 11 is 3.60. The SMILES string of the molecule is Oc1ccccc1C1=NN(c2ccccc2Br)NC(c2ccccc2)C1. The number of hydrazone groups is 1. The highest BCUT2D eigenvalue weighted by atomic mass is 79.9. The van der Waals surface area contributed by atoms with Crippen LogP contribution in [0.1, 0.15) is 23.6 Å². The number of rotatable bonds is 3. The Morgan fingerprint density at radius 3 is 2.38 bits per heavy atom. The highest BCUT2D eigenvalue weighted by Crippen LogP contribution is 2.32. The van der Waals surface area contributed by atoms with E-state index < -0.39 is 0 Å². The van der Waals surface area contributed by atoms with E-state index in [1.165, 1.54) is 5.56 Å². The minimum atomic E-state index is 0.0513. The maximum atomic E-state index is 10.3. The molecule has 3 aromatic carbocycles. The van der Waals surface area contributed by atoms with E-state index in [1.54, 1.807) is 11.2 Å². The molecule has 1 unspecified atom stereocenters. The number of para-hydroxylation sites is 2. The number of hydrogen-bond donors (Lipinski definition) is 2. The maximum absolute atomic E-state index is 10.3. The molecule has 130 valence electrons. The van der Waals surface area contributed by atoms with Gasteiger partial charge < -0.3 is 5.11 Å². The van der Waals surface area contributed by atoms with Gasteiger partial charge in [-0.05, 0) is 45.8 Å². The molecule has 5 heteroatoms. The third-order valence-corrected chi connectivity index (χ3v) is 5.06. The summed E-state index contributed by atoms with van der Waals surface area (Å²) in [7, 11) is 0. The van der Waals surface area contributed by atoms with Crippen molar-refractivity contribution < 1.29 is 5.11 Å². The largest absolute Gasteiger partial charge is 0.507 e. The fraction of sp³-hybridized carbons (Fsp3) is 0.0952. The van der Waals surface area contributed by atoms with E-state index in [2.05, 4.69) is 33.5 Å². The van der Waals surface area contributed by atoms with E-state index in [1.807, 2.05) is 60.7 Å². The van der Waals surface area contributed by atoms with Gasteiger partial charge in [0.1, 0.15) is 5.75 Å². The molecular formula is C21H18BrN3O. The van der Waals surface area contributed by atoms with Crippen molar-refractivity contribution in [3.05, 3.63) is 94.5 Å². The Hall–Kier alpha value is -2.63. The zero-order valence-electron chi connectivity index (χ0n) is 14.0. The van der Waals surface area contributed by atoms with Crippen LogP contribution in [0.2, 0.25) is 0 Å². The van der Waals surface area contributed by atoms with Crippen molar-refractivity contribution in [3.8, 4) is 5.75 Å². The quantitative estimate of drug-likeness (QED) is 0.640. The zero-order chi connectivity index (χ0) is 17.9. The van der Waals surface area contributed by atoms with Gasteiger partial charge in [-0.2, -0.15) is 10.2 Å². The van der Waals surface area contributed by atoms with E-state index in [-0.39, 0.29) is 11.8 Å². The Morgan fingerprint density at radius 1 is 0.923 bits per heavy atom. The second kappa shape index (κ2) is 7.32. The molecule has 1 aliphatic rings. The molecule has 3 aromatic rings. The lowest BCUT2D eigenvalue weighted by Gasteiger charge is -2.33. The highest BCUT2D eigenvalue weighted by molar-refractivity contribution is 9.10. The summed E-state index contributed by atoms with van der Waals surface area (Å²) in [4.78, 5) is 0. The summed E-state index contributed by atoms with van der Waals surface area (Å²) in [5.74, 6) is 0.243. The molecule has 0 amide bonds. The minimum absolute atomic E-state index is 0.0513. The first-order chi connectivity index (χ1) is 12.7. The van der Waals surface area contributed by atoms with Gasteiger partial charge in [-0.15, -0.1) is 0 Å². The summed E-state index contributed by atoms with van der Waals surface area (Å²) in [6, 6.07) is 25.6. The molecule has 4 nitrogen and oxygen atoms in total. The monoisotopic (exact) mass is 407 g/mol. The number of benzene rings is 3. The number of nitrogens with zero attached hydrogens (tertiary/aromatic N) is 2. The average Bonchev–Trinajstić information content (AvgIpc) is 2.69. The first-order valence-corrected chi connectivity index (χ1v) is 9.23. The molecule has 1 aliphatic heterocycles. The Kier molecular flexibility index (Phi) is 4.73. The molecule has 0 aliphatic carbocycles. The van der Waals surface area contributed by atoms with Crippen LogP contribution in [0.15, 0.2) is 88.4 Å².